The van der Waals surface area contributed by atoms with Crippen molar-refractivity contribution in [1.29, 1.82) is 0 Å². The second-order valence-corrected chi connectivity index (χ2v) is 6.16. The van der Waals surface area contributed by atoms with E-state index < -0.39 is 18.5 Å². The monoisotopic (exact) mass is 369 g/mol. The summed E-state index contributed by atoms with van der Waals surface area (Å²) in [5.41, 5.74) is 0.205. The maximum absolute atomic E-state index is 12.3. The largest absolute Gasteiger partial charge is 0.454 e. The van der Waals surface area contributed by atoms with Crippen LogP contribution in [0, 0.1) is 0 Å². The molecular formula is C18H19N5O4. The van der Waals surface area contributed by atoms with E-state index in [1.807, 2.05) is 13.8 Å². The van der Waals surface area contributed by atoms with Gasteiger partial charge in [0.15, 0.2) is 6.61 Å². The third-order valence-electron chi connectivity index (χ3n) is 3.82. The van der Waals surface area contributed by atoms with E-state index in [4.69, 9.17) is 4.74 Å². The predicted molar refractivity (Wildman–Crippen MR) is 98.2 cm³/mol. The molecule has 1 amide bonds. The maximum Gasteiger partial charge on any atom is 0.326 e. The molecule has 2 aromatic heterocycles. The number of aromatic nitrogens is 4. The van der Waals surface area contributed by atoms with Crippen molar-refractivity contribution >= 4 is 28.6 Å². The van der Waals surface area contributed by atoms with Gasteiger partial charge < -0.3 is 10.1 Å². The van der Waals surface area contributed by atoms with Crippen molar-refractivity contribution in [2.45, 2.75) is 26.4 Å². The fraction of sp³-hybridized carbons (Fsp3) is 0.278. The number of carbonyl (C=O) groups excluding carboxylic acids is 2. The Balaban J connectivity index is 1.58. The number of nitrogens with zero attached hydrogens (tertiary/aromatic N) is 4. The molecule has 0 bridgehead atoms. The molecule has 0 radical (unpaired) electrons. The zero-order valence-electron chi connectivity index (χ0n) is 15.0. The molecule has 0 aliphatic rings. The Labute approximate surface area is 154 Å². The topological polar surface area (TPSA) is 108 Å². The number of esters is 1. The number of para-hydroxylation sites is 1. The number of anilines is 1. The zero-order valence-corrected chi connectivity index (χ0v) is 15.0. The molecule has 0 aliphatic carbocycles. The minimum atomic E-state index is -0.707. The number of carbonyl (C=O) groups is 2. The van der Waals surface area contributed by atoms with Gasteiger partial charge in [-0.3, -0.25) is 19.0 Å². The predicted octanol–water partition coefficient (Wildman–Crippen LogP) is 1.36. The van der Waals surface area contributed by atoms with Crippen molar-refractivity contribution in [3.63, 3.8) is 0 Å². The van der Waals surface area contributed by atoms with Gasteiger partial charge in [-0.05, 0) is 26.0 Å². The van der Waals surface area contributed by atoms with Crippen LogP contribution in [0.3, 0.4) is 0 Å². The molecule has 9 heteroatoms. The van der Waals surface area contributed by atoms with Crippen LogP contribution in [0.15, 0.2) is 47.7 Å². The highest BCUT2D eigenvalue weighted by atomic mass is 16.5. The second-order valence-electron chi connectivity index (χ2n) is 6.16. The normalized spacial score (nSPS) is 10.9. The maximum atomic E-state index is 12.3. The van der Waals surface area contributed by atoms with Gasteiger partial charge in [0.25, 0.3) is 11.5 Å². The Hall–Kier alpha value is -3.49. The van der Waals surface area contributed by atoms with Crippen molar-refractivity contribution < 1.29 is 14.3 Å². The van der Waals surface area contributed by atoms with Crippen LogP contribution >= 0.6 is 0 Å². The first-order valence-electron chi connectivity index (χ1n) is 8.39. The van der Waals surface area contributed by atoms with Gasteiger partial charge in [0, 0.05) is 12.1 Å². The summed E-state index contributed by atoms with van der Waals surface area (Å²) in [6.07, 6.45) is 2.86. The molecular weight excluding hydrogens is 350 g/mol. The molecule has 27 heavy (non-hydrogen) atoms. The fourth-order valence-corrected chi connectivity index (χ4v) is 2.55. The lowest BCUT2D eigenvalue weighted by Gasteiger charge is -2.12. The number of hydrogen-bond acceptors (Lipinski definition) is 6. The summed E-state index contributed by atoms with van der Waals surface area (Å²) in [5, 5.41) is 7.14. The minimum absolute atomic E-state index is 0.0742. The van der Waals surface area contributed by atoms with Crippen LogP contribution in [0.1, 0.15) is 19.9 Å². The van der Waals surface area contributed by atoms with Crippen molar-refractivity contribution in [2.75, 3.05) is 11.9 Å². The molecule has 0 saturated heterocycles. The average Bonchev–Trinajstić information content (AvgIpc) is 3.11. The summed E-state index contributed by atoms with van der Waals surface area (Å²) in [6.45, 7) is 3.07. The van der Waals surface area contributed by atoms with Gasteiger partial charge in [0.05, 0.1) is 23.4 Å². The fourth-order valence-electron chi connectivity index (χ4n) is 2.55. The van der Waals surface area contributed by atoms with Crippen LogP contribution < -0.4 is 10.9 Å². The van der Waals surface area contributed by atoms with Crippen LogP contribution in [0.4, 0.5) is 5.82 Å². The summed E-state index contributed by atoms with van der Waals surface area (Å²) < 4.78 is 7.74. The molecule has 3 rings (SSSR count). The van der Waals surface area contributed by atoms with Gasteiger partial charge in [-0.15, -0.1) is 0 Å². The number of ether oxygens (including phenoxy) is 1. The van der Waals surface area contributed by atoms with Gasteiger partial charge in [0.2, 0.25) is 0 Å². The molecule has 1 N–H and O–H groups in total. The summed E-state index contributed by atoms with van der Waals surface area (Å²) >= 11 is 0. The van der Waals surface area contributed by atoms with E-state index >= 15 is 0 Å². The van der Waals surface area contributed by atoms with Crippen molar-refractivity contribution in [3.05, 3.63) is 53.2 Å². The molecule has 0 atom stereocenters. The van der Waals surface area contributed by atoms with Crippen LogP contribution in [0.25, 0.3) is 10.9 Å². The van der Waals surface area contributed by atoms with E-state index in [0.29, 0.717) is 16.7 Å². The molecule has 2 heterocycles. The number of amides is 1. The smallest absolute Gasteiger partial charge is 0.326 e. The van der Waals surface area contributed by atoms with E-state index in [2.05, 4.69) is 15.4 Å². The Morgan fingerprint density at radius 3 is 2.78 bits per heavy atom. The zero-order chi connectivity index (χ0) is 19.4. The number of hydrogen-bond donors (Lipinski definition) is 1. The van der Waals surface area contributed by atoms with Crippen molar-refractivity contribution in [2.24, 2.45) is 0 Å². The third kappa shape index (κ3) is 4.20. The summed E-state index contributed by atoms with van der Waals surface area (Å²) in [5.74, 6) is -0.683. The quantitative estimate of drug-likeness (QED) is 0.657. The second kappa shape index (κ2) is 7.81. The van der Waals surface area contributed by atoms with Gasteiger partial charge in [-0.25, -0.2) is 9.67 Å². The van der Waals surface area contributed by atoms with Gasteiger partial charge >= 0.3 is 5.97 Å². The number of fused-ring (bicyclic) bond motifs is 1. The van der Waals surface area contributed by atoms with E-state index in [1.165, 1.54) is 6.33 Å². The lowest BCUT2D eigenvalue weighted by Crippen LogP contribution is -2.28. The standard InChI is InChI=1S/C18H19N5O4/c1-12(2)23-15(7-8-20-23)21-16(24)10-27-17(25)9-22-11-19-14-6-4-3-5-13(14)18(22)26/h3-8,11-12H,9-10H2,1-2H3,(H,21,24). The first-order chi connectivity index (χ1) is 13.0. The van der Waals surface area contributed by atoms with Crippen LogP contribution in [-0.2, 0) is 20.9 Å². The van der Waals surface area contributed by atoms with E-state index in [9.17, 15) is 14.4 Å². The van der Waals surface area contributed by atoms with Gasteiger partial charge in [-0.2, -0.15) is 5.10 Å². The summed E-state index contributed by atoms with van der Waals surface area (Å²) in [4.78, 5) is 40.4. The number of benzene rings is 1. The Bertz CT molecular complexity index is 1040. The number of nitrogens with one attached hydrogen (secondary N) is 1. The van der Waals surface area contributed by atoms with E-state index in [-0.39, 0.29) is 18.1 Å². The molecule has 0 saturated carbocycles. The highest BCUT2D eigenvalue weighted by molar-refractivity contribution is 5.92. The molecule has 0 spiro atoms. The molecule has 140 valence electrons. The van der Waals surface area contributed by atoms with Crippen LogP contribution in [0.5, 0.6) is 0 Å². The Morgan fingerprint density at radius 1 is 1.22 bits per heavy atom. The first kappa shape index (κ1) is 18.3. The molecule has 1 aromatic carbocycles. The minimum Gasteiger partial charge on any atom is -0.454 e. The SMILES string of the molecule is CC(C)n1nccc1NC(=O)COC(=O)Cn1cnc2ccccc2c1=O. The highest BCUT2D eigenvalue weighted by Crippen LogP contribution is 2.12. The third-order valence-corrected chi connectivity index (χ3v) is 3.82. The lowest BCUT2D eigenvalue weighted by atomic mass is 10.2. The van der Waals surface area contributed by atoms with Crippen LogP contribution in [0.2, 0.25) is 0 Å². The van der Waals surface area contributed by atoms with E-state index in [1.54, 1.807) is 41.2 Å². The lowest BCUT2D eigenvalue weighted by molar-refractivity contribution is -0.147. The first-order valence-corrected chi connectivity index (χ1v) is 8.39. The van der Waals surface area contributed by atoms with Crippen molar-refractivity contribution in [1.82, 2.24) is 19.3 Å². The molecule has 9 nitrogen and oxygen atoms in total. The van der Waals surface area contributed by atoms with Crippen LogP contribution in [-0.4, -0.2) is 37.8 Å². The van der Waals surface area contributed by atoms with Crippen molar-refractivity contribution in [3.8, 4) is 0 Å². The Morgan fingerprint density at radius 2 is 2.00 bits per heavy atom. The average molecular weight is 369 g/mol. The van der Waals surface area contributed by atoms with Gasteiger partial charge in [0.1, 0.15) is 12.4 Å². The molecule has 0 fully saturated rings. The summed E-state index contributed by atoms with van der Waals surface area (Å²) in [6, 6.07) is 8.58. The molecule has 0 aliphatic heterocycles. The highest BCUT2D eigenvalue weighted by Gasteiger charge is 2.13. The Kier molecular flexibility index (Phi) is 5.30. The van der Waals surface area contributed by atoms with Gasteiger partial charge in [-0.1, -0.05) is 12.1 Å². The summed E-state index contributed by atoms with van der Waals surface area (Å²) in [7, 11) is 0. The molecule has 0 unspecified atom stereocenters. The number of rotatable bonds is 6. The van der Waals surface area contributed by atoms with E-state index in [0.717, 1.165) is 4.57 Å². The molecule has 3 aromatic rings.